The first kappa shape index (κ1) is 17.8. The number of benzene rings is 1. The van der Waals surface area contributed by atoms with Crippen molar-refractivity contribution < 1.29 is 0 Å². The number of halogens is 2. The molecule has 0 aromatic heterocycles. The van der Waals surface area contributed by atoms with E-state index < -0.39 is 0 Å². The fourth-order valence-corrected chi connectivity index (χ4v) is 3.18. The van der Waals surface area contributed by atoms with Gasteiger partial charge < -0.3 is 0 Å². The van der Waals surface area contributed by atoms with E-state index in [4.69, 9.17) is 29.0 Å². The molecule has 20 heavy (non-hydrogen) atoms. The van der Waals surface area contributed by atoms with Gasteiger partial charge in [0.25, 0.3) is 0 Å². The molecule has 0 aliphatic rings. The fourth-order valence-electron chi connectivity index (χ4n) is 2.79. The third-order valence-corrected chi connectivity index (χ3v) is 3.96. The Morgan fingerprint density at radius 1 is 1.25 bits per heavy atom. The lowest BCUT2D eigenvalue weighted by atomic mass is 9.82. The van der Waals surface area contributed by atoms with Gasteiger partial charge in [-0.3, -0.25) is 11.3 Å². The molecule has 0 heterocycles. The van der Waals surface area contributed by atoms with Crippen molar-refractivity contribution in [2.75, 3.05) is 0 Å². The first-order valence-corrected chi connectivity index (χ1v) is 7.87. The van der Waals surface area contributed by atoms with Crippen LogP contribution >= 0.6 is 23.2 Å². The molecular formula is C16H26Cl2N2. The topological polar surface area (TPSA) is 38.0 Å². The van der Waals surface area contributed by atoms with E-state index in [0.29, 0.717) is 16.4 Å². The van der Waals surface area contributed by atoms with E-state index in [-0.39, 0.29) is 6.04 Å². The van der Waals surface area contributed by atoms with Crippen LogP contribution in [-0.2, 0) is 6.42 Å². The predicted octanol–water partition coefficient (Wildman–Crippen LogP) is 4.83. The van der Waals surface area contributed by atoms with Crippen LogP contribution in [0.5, 0.6) is 0 Å². The Labute approximate surface area is 133 Å². The molecule has 4 heteroatoms. The Bertz CT molecular complexity index is 427. The Morgan fingerprint density at radius 3 is 2.45 bits per heavy atom. The molecule has 0 fully saturated rings. The zero-order valence-corrected chi connectivity index (χ0v) is 14.4. The number of hydrogen-bond acceptors (Lipinski definition) is 2. The van der Waals surface area contributed by atoms with Crippen LogP contribution in [0.4, 0.5) is 0 Å². The quantitative estimate of drug-likeness (QED) is 0.582. The van der Waals surface area contributed by atoms with Crippen molar-refractivity contribution in [1.82, 2.24) is 5.43 Å². The van der Waals surface area contributed by atoms with Crippen LogP contribution in [0.25, 0.3) is 0 Å². The lowest BCUT2D eigenvalue weighted by Gasteiger charge is -2.26. The molecule has 0 aliphatic heterocycles. The van der Waals surface area contributed by atoms with Gasteiger partial charge >= 0.3 is 0 Å². The molecule has 0 aliphatic carbocycles. The molecule has 0 amide bonds. The largest absolute Gasteiger partial charge is 0.271 e. The first-order valence-electron chi connectivity index (χ1n) is 7.11. The van der Waals surface area contributed by atoms with E-state index in [2.05, 4.69) is 33.1 Å². The lowest BCUT2D eigenvalue weighted by Crippen LogP contribution is -2.38. The Kier molecular flexibility index (Phi) is 6.80. The minimum atomic E-state index is 0.211. The number of hydrogen-bond donors (Lipinski definition) is 2. The second-order valence-corrected chi connectivity index (χ2v) is 7.75. The normalized spacial score (nSPS) is 15.2. The van der Waals surface area contributed by atoms with Gasteiger partial charge in [-0.15, -0.1) is 0 Å². The second-order valence-electron chi connectivity index (χ2n) is 6.91. The van der Waals surface area contributed by atoms with Gasteiger partial charge in [-0.1, -0.05) is 50.9 Å². The van der Waals surface area contributed by atoms with E-state index in [1.54, 1.807) is 6.07 Å². The monoisotopic (exact) mass is 316 g/mol. The highest BCUT2D eigenvalue weighted by Gasteiger charge is 2.19. The molecule has 2 unspecified atom stereocenters. The lowest BCUT2D eigenvalue weighted by molar-refractivity contribution is 0.274. The minimum absolute atomic E-state index is 0.211. The van der Waals surface area contributed by atoms with Crippen molar-refractivity contribution in [3.8, 4) is 0 Å². The van der Waals surface area contributed by atoms with Crippen molar-refractivity contribution in [1.29, 1.82) is 0 Å². The average molecular weight is 317 g/mol. The van der Waals surface area contributed by atoms with Crippen LogP contribution in [0.2, 0.25) is 10.0 Å². The highest BCUT2D eigenvalue weighted by Crippen LogP contribution is 2.28. The molecule has 1 aromatic carbocycles. The fraction of sp³-hybridized carbons (Fsp3) is 0.625. The zero-order valence-electron chi connectivity index (χ0n) is 12.8. The Hall–Kier alpha value is -0.280. The van der Waals surface area contributed by atoms with Crippen molar-refractivity contribution in [2.24, 2.45) is 17.2 Å². The highest BCUT2D eigenvalue weighted by atomic mass is 35.5. The van der Waals surface area contributed by atoms with Gasteiger partial charge in [0.2, 0.25) is 0 Å². The second kappa shape index (κ2) is 7.65. The molecule has 0 saturated heterocycles. The van der Waals surface area contributed by atoms with E-state index in [9.17, 15) is 0 Å². The zero-order chi connectivity index (χ0) is 15.3. The maximum absolute atomic E-state index is 6.21. The van der Waals surface area contributed by atoms with Crippen LogP contribution in [0, 0.1) is 11.3 Å². The van der Waals surface area contributed by atoms with Crippen molar-refractivity contribution in [3.63, 3.8) is 0 Å². The summed E-state index contributed by atoms with van der Waals surface area (Å²) in [5, 5.41) is 1.46. The van der Waals surface area contributed by atoms with Gasteiger partial charge in [0, 0.05) is 16.1 Å². The molecule has 2 nitrogen and oxygen atoms in total. The molecule has 0 spiro atoms. The molecule has 2 atom stereocenters. The summed E-state index contributed by atoms with van der Waals surface area (Å²) in [4.78, 5) is 0. The smallest absolute Gasteiger partial charge is 0.0439 e. The van der Waals surface area contributed by atoms with Gasteiger partial charge in [0.1, 0.15) is 0 Å². The highest BCUT2D eigenvalue weighted by molar-refractivity contribution is 6.33. The van der Waals surface area contributed by atoms with E-state index >= 15 is 0 Å². The minimum Gasteiger partial charge on any atom is -0.271 e. The summed E-state index contributed by atoms with van der Waals surface area (Å²) in [6.45, 7) is 9.07. The Morgan fingerprint density at radius 2 is 1.90 bits per heavy atom. The van der Waals surface area contributed by atoms with Crippen molar-refractivity contribution in [2.45, 2.75) is 53.0 Å². The Balaban J connectivity index is 2.65. The van der Waals surface area contributed by atoms with Gasteiger partial charge in [-0.2, -0.15) is 0 Å². The van der Waals surface area contributed by atoms with Gasteiger partial charge in [-0.25, -0.2) is 0 Å². The summed E-state index contributed by atoms with van der Waals surface area (Å²) in [5.41, 5.74) is 4.30. The number of nitrogens with one attached hydrogen (secondary N) is 1. The molecular weight excluding hydrogens is 291 g/mol. The molecule has 3 N–H and O–H groups in total. The maximum atomic E-state index is 6.21. The van der Waals surface area contributed by atoms with Gasteiger partial charge in [0.05, 0.1) is 0 Å². The summed E-state index contributed by atoms with van der Waals surface area (Å²) in [6.07, 6.45) is 3.00. The van der Waals surface area contributed by atoms with Crippen molar-refractivity contribution >= 4 is 23.2 Å². The molecule has 1 rings (SSSR count). The third-order valence-electron chi connectivity index (χ3n) is 3.36. The van der Waals surface area contributed by atoms with E-state index in [0.717, 1.165) is 23.4 Å². The summed E-state index contributed by atoms with van der Waals surface area (Å²) >= 11 is 12.2. The number of nitrogens with two attached hydrogens (primary N) is 1. The third kappa shape index (κ3) is 6.45. The summed E-state index contributed by atoms with van der Waals surface area (Å²) in [7, 11) is 0. The first-order chi connectivity index (χ1) is 9.21. The summed E-state index contributed by atoms with van der Waals surface area (Å²) < 4.78 is 0. The molecule has 0 bridgehead atoms. The predicted molar refractivity (Wildman–Crippen MR) is 89.1 cm³/mol. The SMILES string of the molecule is CC(CC(Cc1cc(Cl)ccc1Cl)NN)CC(C)(C)C. The summed E-state index contributed by atoms with van der Waals surface area (Å²) in [6, 6.07) is 5.78. The maximum Gasteiger partial charge on any atom is 0.0439 e. The molecule has 0 saturated carbocycles. The van der Waals surface area contributed by atoms with Crippen molar-refractivity contribution in [3.05, 3.63) is 33.8 Å². The van der Waals surface area contributed by atoms with Gasteiger partial charge in [-0.05, 0) is 54.4 Å². The van der Waals surface area contributed by atoms with Crippen LogP contribution < -0.4 is 11.3 Å². The van der Waals surface area contributed by atoms with E-state index in [1.165, 1.54) is 6.42 Å². The van der Waals surface area contributed by atoms with Crippen LogP contribution in [0.3, 0.4) is 0 Å². The average Bonchev–Trinajstić information content (AvgIpc) is 2.30. The standard InChI is InChI=1S/C16H26Cl2N2/c1-11(10-16(2,3)4)7-14(20-19)9-12-8-13(17)5-6-15(12)18/h5-6,8,11,14,20H,7,9-10,19H2,1-4H3. The number of hydrazine groups is 1. The van der Waals surface area contributed by atoms with Crippen LogP contribution in [0.1, 0.15) is 46.1 Å². The van der Waals surface area contributed by atoms with E-state index in [1.807, 2.05) is 12.1 Å². The molecule has 1 aromatic rings. The van der Waals surface area contributed by atoms with Crippen LogP contribution in [0.15, 0.2) is 18.2 Å². The van der Waals surface area contributed by atoms with Gasteiger partial charge in [0.15, 0.2) is 0 Å². The molecule has 0 radical (unpaired) electrons. The summed E-state index contributed by atoms with van der Waals surface area (Å²) in [5.74, 6) is 6.30. The van der Waals surface area contributed by atoms with Crippen LogP contribution in [-0.4, -0.2) is 6.04 Å². The molecule has 114 valence electrons. The number of rotatable bonds is 6.